The summed E-state index contributed by atoms with van der Waals surface area (Å²) in [5, 5.41) is 2.85. The predicted molar refractivity (Wildman–Crippen MR) is 144 cm³/mol. The zero-order valence-corrected chi connectivity index (χ0v) is 25.2. The number of carbonyl (C=O) groups excluding carboxylic acids is 2. The summed E-state index contributed by atoms with van der Waals surface area (Å²) in [5.74, 6) is -0.973. The Bertz CT molecular complexity index is 1270. The monoisotopic (exact) mass is 603 g/mol. The Labute approximate surface area is 237 Å². The SMILES string of the molecule is CNc1nc(N)nc2c1ncn2[C@@H]1O[C@@H](COP(=O)(OCOC(=O)C(C)(C)C)OCOC(=O)C(C)(C)C)[CH][C@@]1(C)F. The van der Waals surface area contributed by atoms with E-state index in [0.29, 0.717) is 11.3 Å². The first-order valence-electron chi connectivity index (χ1n) is 12.6. The van der Waals surface area contributed by atoms with E-state index < -0.39 is 68.8 Å². The minimum Gasteiger partial charge on any atom is -0.437 e. The van der Waals surface area contributed by atoms with E-state index in [-0.39, 0.29) is 11.6 Å². The molecule has 41 heavy (non-hydrogen) atoms. The highest BCUT2D eigenvalue weighted by Gasteiger charge is 2.49. The molecule has 2 aromatic rings. The molecule has 1 aliphatic heterocycles. The number of fused-ring (bicyclic) bond motifs is 1. The van der Waals surface area contributed by atoms with Crippen molar-refractivity contribution in [3.05, 3.63) is 12.7 Å². The average molecular weight is 604 g/mol. The Balaban J connectivity index is 1.72. The van der Waals surface area contributed by atoms with Crippen LogP contribution in [0, 0.1) is 17.3 Å². The van der Waals surface area contributed by atoms with Gasteiger partial charge in [-0.3, -0.25) is 18.7 Å². The van der Waals surface area contributed by atoms with Gasteiger partial charge < -0.3 is 25.3 Å². The number of esters is 2. The van der Waals surface area contributed by atoms with Gasteiger partial charge in [0.15, 0.2) is 28.9 Å². The van der Waals surface area contributed by atoms with E-state index in [2.05, 4.69) is 20.3 Å². The molecule has 0 aliphatic carbocycles. The third-order valence-electron chi connectivity index (χ3n) is 5.65. The fourth-order valence-electron chi connectivity index (χ4n) is 3.49. The van der Waals surface area contributed by atoms with E-state index in [9.17, 15) is 14.2 Å². The molecule has 15 nitrogen and oxygen atoms in total. The molecule has 0 spiro atoms. The van der Waals surface area contributed by atoms with Crippen LogP contribution in [0.4, 0.5) is 16.2 Å². The molecule has 0 unspecified atom stereocenters. The summed E-state index contributed by atoms with van der Waals surface area (Å²) in [6.07, 6.45) is 0.243. The second-order valence-corrected chi connectivity index (χ2v) is 13.1. The first-order valence-corrected chi connectivity index (χ1v) is 14.1. The maximum atomic E-state index is 15.7. The fourth-order valence-corrected chi connectivity index (χ4v) is 4.40. The van der Waals surface area contributed by atoms with Gasteiger partial charge in [-0.1, -0.05) is 0 Å². The molecule has 0 aromatic carbocycles. The van der Waals surface area contributed by atoms with Gasteiger partial charge in [0.2, 0.25) is 19.5 Å². The molecular weight excluding hydrogens is 566 g/mol. The van der Waals surface area contributed by atoms with Gasteiger partial charge in [0.25, 0.3) is 0 Å². The lowest BCUT2D eigenvalue weighted by Gasteiger charge is -2.23. The number of anilines is 2. The van der Waals surface area contributed by atoms with Crippen molar-refractivity contribution in [3.8, 4) is 0 Å². The smallest absolute Gasteiger partial charge is 0.437 e. The van der Waals surface area contributed by atoms with Crippen LogP contribution >= 0.6 is 7.82 Å². The molecule has 3 N–H and O–H groups in total. The molecule has 0 saturated carbocycles. The Morgan fingerprint density at radius 2 is 1.66 bits per heavy atom. The standard InChI is InChI=1S/C24H37FN6O9P/c1-22(2,3)19(32)35-12-38-41(34,39-13-36-20(33)23(4,5)6)37-10-14-9-24(7,25)18(40-14)31-11-28-15-16(27-8)29-21(26)30-17(15)31/h9,11,14,18H,10,12-13H2,1-8H3,(H3,26,27,29,30)/t14-,18-,24-/m1/s1. The topological polar surface area (TPSA) is 188 Å². The molecule has 3 heterocycles. The molecule has 0 bridgehead atoms. The van der Waals surface area contributed by atoms with Gasteiger partial charge >= 0.3 is 19.8 Å². The van der Waals surface area contributed by atoms with Crippen molar-refractivity contribution in [2.24, 2.45) is 10.8 Å². The maximum Gasteiger partial charge on any atom is 0.480 e. The number of aromatic nitrogens is 4. The predicted octanol–water partition coefficient (Wildman–Crippen LogP) is 3.53. The van der Waals surface area contributed by atoms with Gasteiger partial charge in [-0.2, -0.15) is 9.97 Å². The zero-order chi connectivity index (χ0) is 30.8. The number of nitrogen functional groups attached to an aromatic ring is 1. The number of imidazole rings is 1. The molecule has 1 aliphatic rings. The summed E-state index contributed by atoms with van der Waals surface area (Å²) in [7, 11) is -2.88. The van der Waals surface area contributed by atoms with Gasteiger partial charge in [-0.25, -0.2) is 23.0 Å². The van der Waals surface area contributed by atoms with Crippen LogP contribution in [0.1, 0.15) is 54.7 Å². The van der Waals surface area contributed by atoms with Gasteiger partial charge in [0.1, 0.15) is 0 Å². The van der Waals surface area contributed by atoms with Crippen molar-refractivity contribution >= 4 is 42.7 Å². The lowest BCUT2D eigenvalue weighted by molar-refractivity contribution is -0.163. The zero-order valence-electron chi connectivity index (χ0n) is 24.3. The number of hydrogen-bond acceptors (Lipinski definition) is 14. The van der Waals surface area contributed by atoms with Crippen molar-refractivity contribution in [1.82, 2.24) is 19.5 Å². The van der Waals surface area contributed by atoms with Gasteiger partial charge in [0, 0.05) is 13.5 Å². The third kappa shape index (κ3) is 8.10. The third-order valence-corrected chi connectivity index (χ3v) is 6.96. The molecule has 3 rings (SSSR count). The highest BCUT2D eigenvalue weighted by Crippen LogP contribution is 2.51. The highest BCUT2D eigenvalue weighted by molar-refractivity contribution is 7.48. The molecule has 2 aromatic heterocycles. The summed E-state index contributed by atoms with van der Waals surface area (Å²) in [4.78, 5) is 36.6. The quantitative estimate of drug-likeness (QED) is 0.216. The van der Waals surface area contributed by atoms with Crippen LogP contribution in [0.2, 0.25) is 0 Å². The summed E-state index contributed by atoms with van der Waals surface area (Å²) < 4.78 is 61.8. The number of phosphoric acid groups is 1. The Kier molecular flexibility index (Phi) is 9.65. The van der Waals surface area contributed by atoms with E-state index in [1.807, 2.05) is 0 Å². The molecule has 3 atom stereocenters. The van der Waals surface area contributed by atoms with E-state index in [4.69, 9.17) is 33.5 Å². The van der Waals surface area contributed by atoms with Gasteiger partial charge in [-0.05, 0) is 48.5 Å². The minimum atomic E-state index is -4.51. The van der Waals surface area contributed by atoms with Crippen molar-refractivity contribution < 1.29 is 46.3 Å². The van der Waals surface area contributed by atoms with Crippen LogP contribution in [0.3, 0.4) is 0 Å². The second-order valence-electron chi connectivity index (χ2n) is 11.4. The highest BCUT2D eigenvalue weighted by atomic mass is 31.2. The number of nitrogens with one attached hydrogen (secondary N) is 1. The number of rotatable bonds is 11. The Morgan fingerprint density at radius 1 is 1.10 bits per heavy atom. The first kappa shape index (κ1) is 32.6. The van der Waals surface area contributed by atoms with Crippen molar-refractivity contribution in [3.63, 3.8) is 0 Å². The average Bonchev–Trinajstić information content (AvgIpc) is 3.40. The minimum absolute atomic E-state index is 0.0550. The molecule has 1 fully saturated rings. The number of nitrogens with zero attached hydrogens (tertiary/aromatic N) is 4. The number of phosphoric ester groups is 1. The molecule has 1 radical (unpaired) electrons. The second kappa shape index (κ2) is 12.1. The number of hydrogen-bond donors (Lipinski definition) is 2. The number of alkyl halides is 1. The Morgan fingerprint density at radius 3 is 2.17 bits per heavy atom. The Hall–Kier alpha value is -2.91. The van der Waals surface area contributed by atoms with Gasteiger partial charge in [-0.15, -0.1) is 0 Å². The summed E-state index contributed by atoms with van der Waals surface area (Å²) in [5.41, 5.74) is 2.60. The first-order chi connectivity index (χ1) is 18.9. The van der Waals surface area contributed by atoms with Crippen LogP contribution in [0.15, 0.2) is 6.33 Å². The lowest BCUT2D eigenvalue weighted by atomic mass is 9.98. The van der Waals surface area contributed by atoms with Crippen LogP contribution in [-0.4, -0.2) is 70.5 Å². The maximum absolute atomic E-state index is 15.7. The lowest BCUT2D eigenvalue weighted by Crippen LogP contribution is -2.27. The number of nitrogens with two attached hydrogens (primary N) is 1. The van der Waals surface area contributed by atoms with E-state index in [0.717, 1.165) is 0 Å². The van der Waals surface area contributed by atoms with Crippen molar-refractivity contribution in [2.45, 2.75) is 66.5 Å². The summed E-state index contributed by atoms with van der Waals surface area (Å²) in [6.45, 7) is 8.93. The van der Waals surface area contributed by atoms with E-state index >= 15 is 4.39 Å². The largest absolute Gasteiger partial charge is 0.480 e. The molecule has 229 valence electrons. The number of ether oxygens (including phenoxy) is 3. The molecule has 1 saturated heterocycles. The van der Waals surface area contributed by atoms with Crippen LogP contribution in [0.25, 0.3) is 11.2 Å². The van der Waals surface area contributed by atoms with Crippen molar-refractivity contribution in [2.75, 3.05) is 38.3 Å². The summed E-state index contributed by atoms with van der Waals surface area (Å²) >= 11 is 0. The fraction of sp³-hybridized carbons (Fsp3) is 0.667. The molecule has 0 amide bonds. The number of carbonyl (C=O) groups is 2. The van der Waals surface area contributed by atoms with Crippen LogP contribution < -0.4 is 11.1 Å². The van der Waals surface area contributed by atoms with Crippen molar-refractivity contribution in [1.29, 1.82) is 0 Å². The normalized spacial score (nSPS) is 21.7. The molecular formula is C24H37FN6O9P. The number of halogens is 1. The van der Waals surface area contributed by atoms with Gasteiger partial charge in [0.05, 0.1) is 29.9 Å². The van der Waals surface area contributed by atoms with E-state index in [1.54, 1.807) is 48.6 Å². The molecule has 17 heteroatoms. The van der Waals surface area contributed by atoms with Crippen LogP contribution in [-0.2, 0) is 41.9 Å². The summed E-state index contributed by atoms with van der Waals surface area (Å²) in [6, 6.07) is 0. The van der Waals surface area contributed by atoms with E-state index in [1.165, 1.54) is 24.2 Å². The van der Waals surface area contributed by atoms with Crippen LogP contribution in [0.5, 0.6) is 0 Å².